The molecule has 0 aromatic carbocycles. The summed E-state index contributed by atoms with van der Waals surface area (Å²) in [5.74, 6) is 5.94. The second kappa shape index (κ2) is 2.60. The Morgan fingerprint density at radius 3 is 1.50 bits per heavy atom. The van der Waals surface area contributed by atoms with E-state index in [1.165, 1.54) is 35.9 Å². The van der Waals surface area contributed by atoms with E-state index in [0.29, 0.717) is 0 Å². The summed E-state index contributed by atoms with van der Waals surface area (Å²) in [7, 11) is 0. The maximum absolute atomic E-state index is 2.24. The second-order valence-electron chi connectivity index (χ2n) is 4.75. The molecule has 12 heavy (non-hydrogen) atoms. The molecule has 0 nitrogen and oxygen atoms in total. The largest absolute Gasteiger partial charge is 0.161 e. The van der Waals surface area contributed by atoms with Crippen LogP contribution in [0.15, 0.2) is 0 Å². The Morgan fingerprint density at radius 2 is 1.08 bits per heavy atom. The molecule has 0 aromatic heterocycles. The van der Waals surface area contributed by atoms with Gasteiger partial charge in [0.2, 0.25) is 0 Å². The Morgan fingerprint density at radius 1 is 0.667 bits per heavy atom. The molecule has 3 aliphatic rings. The fourth-order valence-corrected chi connectivity index (χ4v) is 7.56. The van der Waals surface area contributed by atoms with E-state index in [9.17, 15) is 0 Å². The maximum Gasteiger partial charge on any atom is 0.000325 e. The van der Waals surface area contributed by atoms with Crippen LogP contribution in [-0.2, 0) is 0 Å². The molecule has 0 unspecified atom stereocenters. The van der Waals surface area contributed by atoms with Gasteiger partial charge in [-0.25, -0.2) is 0 Å². The molecule has 2 aliphatic heterocycles. The molecule has 0 radical (unpaired) electrons. The molecule has 3 fully saturated rings. The van der Waals surface area contributed by atoms with Crippen molar-refractivity contribution in [1.82, 2.24) is 0 Å². The second-order valence-corrected chi connectivity index (χ2v) is 6.72. The van der Waals surface area contributed by atoms with Crippen molar-refractivity contribution in [3.63, 3.8) is 0 Å². The van der Waals surface area contributed by atoms with Crippen LogP contribution in [-0.4, -0.2) is 23.0 Å². The minimum absolute atomic E-state index is 0.806. The average molecular weight is 200 g/mol. The van der Waals surface area contributed by atoms with Gasteiger partial charge in [0, 0.05) is 23.0 Å². The van der Waals surface area contributed by atoms with Gasteiger partial charge in [-0.2, -0.15) is 23.5 Å². The van der Waals surface area contributed by atoms with Gasteiger partial charge < -0.3 is 0 Å². The highest BCUT2D eigenvalue weighted by Gasteiger charge is 2.58. The third kappa shape index (κ3) is 0.836. The summed E-state index contributed by atoms with van der Waals surface area (Å²) in [4.78, 5) is 0. The number of thioether (sulfide) groups is 2. The zero-order valence-electron chi connectivity index (χ0n) is 7.47. The van der Waals surface area contributed by atoms with Gasteiger partial charge in [-0.1, -0.05) is 12.8 Å². The summed E-state index contributed by atoms with van der Waals surface area (Å²) in [5.41, 5.74) is 1.61. The van der Waals surface area contributed by atoms with Gasteiger partial charge in [-0.05, 0) is 23.7 Å². The van der Waals surface area contributed by atoms with Crippen LogP contribution in [0, 0.1) is 10.8 Å². The molecule has 0 N–H and O–H groups in total. The molecular formula is C10H16S2. The fourth-order valence-electron chi connectivity index (χ4n) is 3.33. The van der Waals surface area contributed by atoms with Crippen molar-refractivity contribution < 1.29 is 0 Å². The molecule has 0 atom stereocenters. The topological polar surface area (TPSA) is 0 Å². The Kier molecular flexibility index (Phi) is 1.74. The van der Waals surface area contributed by atoms with E-state index >= 15 is 0 Å². The van der Waals surface area contributed by atoms with Gasteiger partial charge >= 0.3 is 0 Å². The first kappa shape index (κ1) is 8.05. The van der Waals surface area contributed by atoms with Gasteiger partial charge in [0.1, 0.15) is 0 Å². The Hall–Kier alpha value is 0.700. The molecule has 0 amide bonds. The molecule has 2 saturated heterocycles. The lowest BCUT2D eigenvalue weighted by Crippen LogP contribution is -2.42. The molecule has 0 bridgehead atoms. The minimum Gasteiger partial charge on any atom is -0.161 e. The Labute approximate surface area is 83.3 Å². The van der Waals surface area contributed by atoms with Gasteiger partial charge in [-0.15, -0.1) is 0 Å². The van der Waals surface area contributed by atoms with Crippen LogP contribution in [0.3, 0.4) is 0 Å². The van der Waals surface area contributed by atoms with Crippen molar-refractivity contribution in [2.45, 2.75) is 25.7 Å². The van der Waals surface area contributed by atoms with Crippen LogP contribution in [0.1, 0.15) is 25.7 Å². The summed E-state index contributed by atoms with van der Waals surface area (Å²) < 4.78 is 0. The molecule has 1 aliphatic carbocycles. The van der Waals surface area contributed by atoms with E-state index in [1.807, 2.05) is 0 Å². The van der Waals surface area contributed by atoms with Gasteiger partial charge in [0.25, 0.3) is 0 Å². The molecular weight excluding hydrogens is 184 g/mol. The first-order valence-electron chi connectivity index (χ1n) is 5.03. The van der Waals surface area contributed by atoms with Crippen LogP contribution in [0.2, 0.25) is 0 Å². The van der Waals surface area contributed by atoms with E-state index in [4.69, 9.17) is 0 Å². The Balaban J connectivity index is 2.00. The lowest BCUT2D eigenvalue weighted by atomic mass is 9.60. The van der Waals surface area contributed by atoms with Crippen LogP contribution in [0.5, 0.6) is 0 Å². The van der Waals surface area contributed by atoms with Crippen molar-refractivity contribution in [1.29, 1.82) is 0 Å². The van der Waals surface area contributed by atoms with Gasteiger partial charge in [0.15, 0.2) is 0 Å². The van der Waals surface area contributed by atoms with Gasteiger partial charge in [0.05, 0.1) is 0 Å². The molecule has 0 aromatic rings. The third-order valence-electron chi connectivity index (χ3n) is 4.20. The SMILES string of the molecule is C1CCC23CSCC2(C1)CSC3. The predicted molar refractivity (Wildman–Crippen MR) is 58.0 cm³/mol. The summed E-state index contributed by atoms with van der Waals surface area (Å²) in [6.07, 6.45) is 6.13. The lowest BCUT2D eigenvalue weighted by molar-refractivity contribution is 0.0945. The monoisotopic (exact) mass is 200 g/mol. The molecule has 2 heterocycles. The zero-order chi connectivity index (χ0) is 8.07. The van der Waals surface area contributed by atoms with Crippen LogP contribution in [0.25, 0.3) is 0 Å². The van der Waals surface area contributed by atoms with E-state index < -0.39 is 0 Å². The molecule has 3 rings (SSSR count). The summed E-state index contributed by atoms with van der Waals surface area (Å²) in [6, 6.07) is 0. The van der Waals surface area contributed by atoms with Crippen LogP contribution in [0.4, 0.5) is 0 Å². The van der Waals surface area contributed by atoms with E-state index in [0.717, 1.165) is 10.8 Å². The summed E-state index contributed by atoms with van der Waals surface area (Å²) in [6.45, 7) is 0. The summed E-state index contributed by atoms with van der Waals surface area (Å²) >= 11 is 4.48. The normalized spacial score (nSPS) is 52.0. The molecule has 68 valence electrons. The first-order valence-corrected chi connectivity index (χ1v) is 7.34. The molecule has 0 spiro atoms. The lowest BCUT2D eigenvalue weighted by Gasteiger charge is -2.43. The smallest absolute Gasteiger partial charge is 0.000325 e. The van der Waals surface area contributed by atoms with Crippen molar-refractivity contribution in [2.75, 3.05) is 23.0 Å². The number of hydrogen-bond acceptors (Lipinski definition) is 2. The standard InChI is InChI=1S/C10H16S2/c1-2-4-10-7-11-5-9(10,3-1)6-12-8-10/h1-8H2. The van der Waals surface area contributed by atoms with Crippen molar-refractivity contribution in [3.05, 3.63) is 0 Å². The minimum atomic E-state index is 0.806. The van der Waals surface area contributed by atoms with Crippen molar-refractivity contribution >= 4 is 23.5 Å². The van der Waals surface area contributed by atoms with Crippen molar-refractivity contribution in [2.24, 2.45) is 10.8 Å². The molecule has 1 saturated carbocycles. The molecule has 2 heteroatoms. The average Bonchev–Trinajstić information content (AvgIpc) is 2.57. The number of hydrogen-bond donors (Lipinski definition) is 0. The summed E-state index contributed by atoms with van der Waals surface area (Å²) in [5, 5.41) is 0. The van der Waals surface area contributed by atoms with Crippen LogP contribution >= 0.6 is 23.5 Å². The van der Waals surface area contributed by atoms with E-state index in [2.05, 4.69) is 23.5 Å². The van der Waals surface area contributed by atoms with E-state index in [-0.39, 0.29) is 0 Å². The highest BCUT2D eigenvalue weighted by Crippen LogP contribution is 2.64. The van der Waals surface area contributed by atoms with Crippen molar-refractivity contribution in [3.8, 4) is 0 Å². The zero-order valence-corrected chi connectivity index (χ0v) is 9.11. The first-order chi connectivity index (χ1) is 5.87. The van der Waals surface area contributed by atoms with Crippen LogP contribution < -0.4 is 0 Å². The highest BCUT2D eigenvalue weighted by atomic mass is 32.2. The quantitative estimate of drug-likeness (QED) is 0.589. The highest BCUT2D eigenvalue weighted by molar-refractivity contribution is 8.01. The third-order valence-corrected chi connectivity index (χ3v) is 7.23. The Bertz CT molecular complexity index is 170. The number of rotatable bonds is 0. The maximum atomic E-state index is 2.24. The fraction of sp³-hybridized carbons (Fsp3) is 1.00. The predicted octanol–water partition coefficient (Wildman–Crippen LogP) is 3.03. The van der Waals surface area contributed by atoms with E-state index in [1.54, 1.807) is 12.8 Å². The van der Waals surface area contributed by atoms with Gasteiger partial charge in [-0.3, -0.25) is 0 Å².